The third kappa shape index (κ3) is 2.23. The van der Waals surface area contributed by atoms with E-state index in [1.54, 1.807) is 12.1 Å². The zero-order chi connectivity index (χ0) is 10.6. The molecule has 1 N–H and O–H groups in total. The van der Waals surface area contributed by atoms with Crippen LogP contribution in [0, 0.1) is 6.92 Å². The zero-order valence-corrected chi connectivity index (χ0v) is 8.11. The molecule has 4 nitrogen and oxygen atoms in total. The summed E-state index contributed by atoms with van der Waals surface area (Å²) in [4.78, 5) is 10.6. The first-order valence-electron chi connectivity index (χ1n) is 4.09. The third-order valence-electron chi connectivity index (χ3n) is 1.71. The lowest BCUT2D eigenvalue weighted by atomic mass is 10.1. The summed E-state index contributed by atoms with van der Waals surface area (Å²) in [6.07, 6.45) is 0.585. The van der Waals surface area contributed by atoms with Gasteiger partial charge in [-0.1, -0.05) is 0 Å². The van der Waals surface area contributed by atoms with E-state index in [4.69, 9.17) is 9.47 Å². The summed E-state index contributed by atoms with van der Waals surface area (Å²) in [6, 6.07) is 3.23. The highest BCUT2D eigenvalue weighted by atomic mass is 16.7. The van der Waals surface area contributed by atoms with Crippen LogP contribution >= 0.6 is 0 Å². The van der Waals surface area contributed by atoms with E-state index in [2.05, 4.69) is 0 Å². The molecule has 0 amide bonds. The zero-order valence-electron chi connectivity index (χ0n) is 8.11. The van der Waals surface area contributed by atoms with Crippen molar-refractivity contribution in [2.75, 3.05) is 13.9 Å². The molecule has 0 saturated heterocycles. The van der Waals surface area contributed by atoms with Crippen LogP contribution in [0.1, 0.15) is 15.9 Å². The van der Waals surface area contributed by atoms with Crippen LogP contribution in [0.5, 0.6) is 11.5 Å². The summed E-state index contributed by atoms with van der Waals surface area (Å²) in [5, 5.41) is 9.53. The van der Waals surface area contributed by atoms with Crippen molar-refractivity contribution in [3.8, 4) is 11.5 Å². The maximum absolute atomic E-state index is 10.6. The van der Waals surface area contributed by atoms with Gasteiger partial charge in [-0.2, -0.15) is 0 Å². The number of phenols is 1. The second kappa shape index (κ2) is 4.62. The molecule has 0 radical (unpaired) electrons. The van der Waals surface area contributed by atoms with Gasteiger partial charge >= 0.3 is 0 Å². The molecule has 0 atom stereocenters. The van der Waals surface area contributed by atoms with E-state index in [0.717, 1.165) is 5.56 Å². The van der Waals surface area contributed by atoms with Crippen LogP contribution in [-0.2, 0) is 4.74 Å². The van der Waals surface area contributed by atoms with Gasteiger partial charge in [-0.05, 0) is 24.6 Å². The van der Waals surface area contributed by atoms with Crippen LogP contribution in [0.15, 0.2) is 12.1 Å². The lowest BCUT2D eigenvalue weighted by Crippen LogP contribution is -2.00. The molecule has 0 aliphatic rings. The van der Waals surface area contributed by atoms with Crippen molar-refractivity contribution in [1.82, 2.24) is 0 Å². The van der Waals surface area contributed by atoms with E-state index in [0.29, 0.717) is 6.29 Å². The van der Waals surface area contributed by atoms with Gasteiger partial charge in [0.15, 0.2) is 24.6 Å². The number of methoxy groups -OCH3 is 1. The largest absolute Gasteiger partial charge is 0.504 e. The van der Waals surface area contributed by atoms with Crippen LogP contribution in [-0.4, -0.2) is 25.3 Å². The first-order valence-corrected chi connectivity index (χ1v) is 4.09. The van der Waals surface area contributed by atoms with Crippen LogP contribution in [0.4, 0.5) is 0 Å². The summed E-state index contributed by atoms with van der Waals surface area (Å²) in [5.41, 5.74) is 1.06. The number of carbonyl (C=O) groups excluding carboxylic acids is 1. The molecular weight excluding hydrogens is 184 g/mol. The summed E-state index contributed by atoms with van der Waals surface area (Å²) in [7, 11) is 1.48. The quantitative estimate of drug-likeness (QED) is 0.585. The number of aryl methyl sites for hydroxylation is 1. The number of ether oxygens (including phenoxy) is 2. The van der Waals surface area contributed by atoms with E-state index >= 15 is 0 Å². The van der Waals surface area contributed by atoms with Crippen LogP contribution in [0.2, 0.25) is 0 Å². The smallest absolute Gasteiger partial charge is 0.188 e. The predicted molar refractivity (Wildman–Crippen MR) is 50.7 cm³/mol. The highest BCUT2D eigenvalue weighted by molar-refractivity contribution is 5.81. The van der Waals surface area contributed by atoms with E-state index in [1.165, 1.54) is 7.11 Å². The molecule has 0 spiro atoms. The number of aldehydes is 1. The molecule has 14 heavy (non-hydrogen) atoms. The lowest BCUT2D eigenvalue weighted by molar-refractivity contribution is 0.0490. The van der Waals surface area contributed by atoms with Gasteiger partial charge in [0.1, 0.15) is 0 Å². The maximum Gasteiger partial charge on any atom is 0.188 e. The molecule has 0 bridgehead atoms. The van der Waals surface area contributed by atoms with Crippen molar-refractivity contribution in [2.45, 2.75) is 6.92 Å². The Balaban J connectivity index is 3.02. The van der Waals surface area contributed by atoms with Crippen LogP contribution in [0.25, 0.3) is 0 Å². The number of rotatable bonds is 4. The fourth-order valence-corrected chi connectivity index (χ4v) is 1.09. The van der Waals surface area contributed by atoms with Gasteiger partial charge in [0, 0.05) is 7.11 Å². The van der Waals surface area contributed by atoms with Gasteiger partial charge in [-0.25, -0.2) is 0 Å². The summed E-state index contributed by atoms with van der Waals surface area (Å²) >= 11 is 0. The number of carbonyl (C=O) groups is 1. The molecule has 1 aromatic carbocycles. The first-order chi connectivity index (χ1) is 6.69. The van der Waals surface area contributed by atoms with E-state index in [-0.39, 0.29) is 23.9 Å². The number of phenolic OH excluding ortho intramolecular Hbond substituents is 1. The van der Waals surface area contributed by atoms with Gasteiger partial charge in [0.2, 0.25) is 0 Å². The Hall–Kier alpha value is -1.55. The predicted octanol–water partition coefficient (Wildman–Crippen LogP) is 1.50. The molecule has 0 saturated carbocycles. The molecule has 0 fully saturated rings. The van der Waals surface area contributed by atoms with E-state index < -0.39 is 0 Å². The monoisotopic (exact) mass is 196 g/mol. The Kier molecular flexibility index (Phi) is 3.48. The van der Waals surface area contributed by atoms with Crippen LogP contribution in [0.3, 0.4) is 0 Å². The SMILES string of the molecule is COCOc1cc(C)cc(C=O)c1O. The van der Waals surface area contributed by atoms with Gasteiger partial charge in [0.05, 0.1) is 5.56 Å². The Morgan fingerprint density at radius 2 is 2.21 bits per heavy atom. The molecule has 4 heteroatoms. The van der Waals surface area contributed by atoms with Crippen molar-refractivity contribution in [3.63, 3.8) is 0 Å². The number of aromatic hydroxyl groups is 1. The number of benzene rings is 1. The van der Waals surface area contributed by atoms with Crippen molar-refractivity contribution in [1.29, 1.82) is 0 Å². The highest BCUT2D eigenvalue weighted by Crippen LogP contribution is 2.30. The number of hydrogen-bond donors (Lipinski definition) is 1. The second-order valence-electron chi connectivity index (χ2n) is 2.87. The van der Waals surface area contributed by atoms with Crippen molar-refractivity contribution in [3.05, 3.63) is 23.3 Å². The summed E-state index contributed by atoms with van der Waals surface area (Å²) in [6.45, 7) is 1.85. The molecule has 0 unspecified atom stereocenters. The molecule has 0 aliphatic carbocycles. The fraction of sp³-hybridized carbons (Fsp3) is 0.300. The van der Waals surface area contributed by atoms with E-state index in [9.17, 15) is 9.90 Å². The Morgan fingerprint density at radius 3 is 2.79 bits per heavy atom. The average molecular weight is 196 g/mol. The third-order valence-corrected chi connectivity index (χ3v) is 1.71. The minimum atomic E-state index is -0.150. The molecule has 0 aromatic heterocycles. The molecule has 76 valence electrons. The minimum Gasteiger partial charge on any atom is -0.504 e. The summed E-state index contributed by atoms with van der Waals surface area (Å²) < 4.78 is 9.77. The summed E-state index contributed by atoms with van der Waals surface area (Å²) in [5.74, 6) is 0.108. The van der Waals surface area contributed by atoms with Gasteiger partial charge < -0.3 is 14.6 Å². The van der Waals surface area contributed by atoms with Gasteiger partial charge in [0.25, 0.3) is 0 Å². The molecular formula is C10H12O4. The van der Waals surface area contributed by atoms with Crippen molar-refractivity contribution in [2.24, 2.45) is 0 Å². The Bertz CT molecular complexity index is 333. The first kappa shape index (κ1) is 10.5. The van der Waals surface area contributed by atoms with Crippen LogP contribution < -0.4 is 4.74 Å². The lowest BCUT2D eigenvalue weighted by Gasteiger charge is -2.09. The average Bonchev–Trinajstić information content (AvgIpc) is 2.18. The molecule has 1 aromatic rings. The fourth-order valence-electron chi connectivity index (χ4n) is 1.09. The Labute approximate surface area is 82.1 Å². The van der Waals surface area contributed by atoms with Crippen molar-refractivity contribution >= 4 is 6.29 Å². The topological polar surface area (TPSA) is 55.8 Å². The van der Waals surface area contributed by atoms with Gasteiger partial charge in [-0.15, -0.1) is 0 Å². The molecule has 0 heterocycles. The van der Waals surface area contributed by atoms with Gasteiger partial charge in [-0.3, -0.25) is 4.79 Å². The van der Waals surface area contributed by atoms with Crippen molar-refractivity contribution < 1.29 is 19.4 Å². The standard InChI is InChI=1S/C10H12O4/c1-7-3-8(5-11)10(12)9(4-7)14-6-13-2/h3-5,12H,6H2,1-2H3. The minimum absolute atomic E-state index is 0.0370. The van der Waals surface area contributed by atoms with E-state index in [1.807, 2.05) is 6.92 Å². The maximum atomic E-state index is 10.6. The highest BCUT2D eigenvalue weighted by Gasteiger charge is 2.08. The Morgan fingerprint density at radius 1 is 1.50 bits per heavy atom. The number of hydrogen-bond acceptors (Lipinski definition) is 4. The molecule has 0 aliphatic heterocycles. The molecule has 1 rings (SSSR count). The normalized spacial score (nSPS) is 9.86. The second-order valence-corrected chi connectivity index (χ2v) is 2.87.